The molecule has 4 heterocycles. The molecule has 2 aliphatic rings. The molecule has 35 heavy (non-hydrogen) atoms. The van der Waals surface area contributed by atoms with E-state index in [-0.39, 0.29) is 5.95 Å². The highest BCUT2D eigenvalue weighted by Crippen LogP contribution is 2.37. The van der Waals surface area contributed by atoms with Gasteiger partial charge < -0.3 is 20.3 Å². The van der Waals surface area contributed by atoms with Gasteiger partial charge in [-0.05, 0) is 44.2 Å². The number of fused-ring (bicyclic) bond motifs is 3. The van der Waals surface area contributed by atoms with Crippen LogP contribution in [0.2, 0.25) is 0 Å². The normalized spacial score (nSPS) is 18.5. The minimum absolute atomic E-state index is 0.242. The molecule has 2 N–H and O–H groups in total. The van der Waals surface area contributed by atoms with Crippen LogP contribution in [0.4, 0.5) is 11.6 Å². The molecular formula is C27H33N7O. The Bertz CT molecular complexity index is 1350. The molecule has 4 aromatic rings. The van der Waals surface area contributed by atoms with Crippen LogP contribution in [-0.4, -0.2) is 83.9 Å². The van der Waals surface area contributed by atoms with Crippen molar-refractivity contribution in [3.8, 4) is 17.0 Å². The van der Waals surface area contributed by atoms with Crippen molar-refractivity contribution in [2.45, 2.75) is 18.9 Å². The minimum Gasteiger partial charge on any atom is -0.496 e. The van der Waals surface area contributed by atoms with E-state index in [4.69, 9.17) is 10.5 Å². The van der Waals surface area contributed by atoms with Crippen LogP contribution in [0.15, 0.2) is 48.5 Å². The Morgan fingerprint density at radius 3 is 2.46 bits per heavy atom. The minimum atomic E-state index is 0.242. The first-order valence-electron chi connectivity index (χ1n) is 12.5. The molecule has 0 amide bonds. The van der Waals surface area contributed by atoms with Crippen LogP contribution in [0.3, 0.4) is 0 Å². The Balaban J connectivity index is 1.28. The van der Waals surface area contributed by atoms with Crippen LogP contribution in [0.25, 0.3) is 27.7 Å². The number of likely N-dealkylation sites (N-methyl/N-ethyl adjacent to an activating group) is 1. The molecule has 2 aliphatic heterocycles. The zero-order valence-corrected chi connectivity index (χ0v) is 20.5. The van der Waals surface area contributed by atoms with Gasteiger partial charge in [0, 0.05) is 68.0 Å². The highest BCUT2D eigenvalue weighted by atomic mass is 16.5. The molecular weight excluding hydrogens is 438 g/mol. The van der Waals surface area contributed by atoms with Gasteiger partial charge in [0.25, 0.3) is 0 Å². The molecule has 0 saturated carbocycles. The van der Waals surface area contributed by atoms with Gasteiger partial charge in [-0.2, -0.15) is 0 Å². The van der Waals surface area contributed by atoms with Gasteiger partial charge in [0.05, 0.1) is 18.1 Å². The van der Waals surface area contributed by atoms with Crippen molar-refractivity contribution < 1.29 is 4.74 Å². The largest absolute Gasteiger partial charge is 0.496 e. The van der Waals surface area contributed by atoms with Crippen molar-refractivity contribution in [3.63, 3.8) is 0 Å². The fourth-order valence-electron chi connectivity index (χ4n) is 5.66. The lowest BCUT2D eigenvalue weighted by Gasteiger charge is -2.42. The molecule has 8 nitrogen and oxygen atoms in total. The first-order valence-corrected chi connectivity index (χ1v) is 12.5. The van der Waals surface area contributed by atoms with E-state index in [1.165, 1.54) is 44.7 Å². The van der Waals surface area contributed by atoms with Gasteiger partial charge in [0.2, 0.25) is 5.95 Å². The number of hydrogen-bond donors (Lipinski definition) is 1. The third-order valence-corrected chi connectivity index (χ3v) is 7.68. The van der Waals surface area contributed by atoms with Crippen LogP contribution in [0.5, 0.6) is 5.75 Å². The van der Waals surface area contributed by atoms with E-state index in [1.54, 1.807) is 7.11 Å². The molecule has 0 bridgehead atoms. The molecule has 2 saturated heterocycles. The maximum atomic E-state index is 6.13. The Hall–Kier alpha value is -3.36. The Labute approximate surface area is 205 Å². The number of anilines is 2. The number of nitrogens with two attached hydrogens (primary N) is 1. The average molecular weight is 472 g/mol. The summed E-state index contributed by atoms with van der Waals surface area (Å²) >= 11 is 0. The van der Waals surface area contributed by atoms with E-state index in [0.29, 0.717) is 6.04 Å². The van der Waals surface area contributed by atoms with E-state index in [0.717, 1.165) is 46.5 Å². The van der Waals surface area contributed by atoms with E-state index in [9.17, 15) is 0 Å². The quantitative estimate of drug-likeness (QED) is 0.489. The summed E-state index contributed by atoms with van der Waals surface area (Å²) in [6.45, 7) is 6.86. The molecule has 0 aliphatic carbocycles. The maximum absolute atomic E-state index is 6.13. The monoisotopic (exact) mass is 471 g/mol. The summed E-state index contributed by atoms with van der Waals surface area (Å²) in [7, 11) is 3.94. The van der Waals surface area contributed by atoms with Crippen molar-refractivity contribution in [2.75, 3.05) is 64.1 Å². The molecule has 2 aromatic carbocycles. The second-order valence-electron chi connectivity index (χ2n) is 9.76. The lowest BCUT2D eigenvalue weighted by molar-refractivity contribution is 0.0982. The van der Waals surface area contributed by atoms with E-state index < -0.39 is 0 Å². The summed E-state index contributed by atoms with van der Waals surface area (Å²) in [6.07, 6.45) is 2.40. The van der Waals surface area contributed by atoms with Gasteiger partial charge in [-0.3, -0.25) is 4.90 Å². The summed E-state index contributed by atoms with van der Waals surface area (Å²) in [5, 5.41) is 5.58. The number of piperidine rings is 1. The van der Waals surface area contributed by atoms with Gasteiger partial charge >= 0.3 is 0 Å². The van der Waals surface area contributed by atoms with Crippen LogP contribution in [-0.2, 0) is 0 Å². The number of hydrogen-bond acceptors (Lipinski definition) is 7. The number of piperazine rings is 1. The van der Waals surface area contributed by atoms with Crippen molar-refractivity contribution >= 4 is 28.1 Å². The van der Waals surface area contributed by atoms with Gasteiger partial charge in [-0.15, -0.1) is 5.10 Å². The molecule has 0 spiro atoms. The summed E-state index contributed by atoms with van der Waals surface area (Å²) in [6, 6.07) is 17.4. The molecule has 2 fully saturated rings. The Kier molecular flexibility index (Phi) is 5.70. The predicted molar refractivity (Wildman–Crippen MR) is 141 cm³/mol. The zero-order valence-electron chi connectivity index (χ0n) is 20.5. The fourth-order valence-corrected chi connectivity index (χ4v) is 5.66. The van der Waals surface area contributed by atoms with Crippen LogP contribution < -0.4 is 15.4 Å². The summed E-state index contributed by atoms with van der Waals surface area (Å²) < 4.78 is 7.75. The maximum Gasteiger partial charge on any atom is 0.239 e. The van der Waals surface area contributed by atoms with Crippen molar-refractivity contribution in [1.82, 2.24) is 24.4 Å². The number of benzene rings is 2. The molecule has 0 radical (unpaired) electrons. The number of rotatable bonds is 4. The highest BCUT2D eigenvalue weighted by molar-refractivity contribution is 5.93. The second kappa shape index (κ2) is 9.02. The molecule has 0 atom stereocenters. The number of methoxy groups -OCH3 is 1. The summed E-state index contributed by atoms with van der Waals surface area (Å²) in [4.78, 5) is 12.2. The predicted octanol–water partition coefficient (Wildman–Crippen LogP) is 3.36. The van der Waals surface area contributed by atoms with E-state index in [2.05, 4.69) is 62.2 Å². The van der Waals surface area contributed by atoms with Crippen LogP contribution >= 0.6 is 0 Å². The molecule has 8 heteroatoms. The summed E-state index contributed by atoms with van der Waals surface area (Å²) in [5.74, 6) is 1.04. The van der Waals surface area contributed by atoms with Crippen LogP contribution in [0, 0.1) is 0 Å². The van der Waals surface area contributed by atoms with Crippen LogP contribution in [0.1, 0.15) is 12.8 Å². The SMILES string of the molecule is COc1cc(N2CCC(N3CCN(C)CC3)CC2)ccc1-c1nc(N)nn2c1cc1ccccc12. The molecule has 182 valence electrons. The Morgan fingerprint density at radius 1 is 0.914 bits per heavy atom. The molecule has 6 rings (SSSR count). The van der Waals surface area contributed by atoms with Crippen molar-refractivity contribution in [2.24, 2.45) is 0 Å². The molecule has 2 aromatic heterocycles. The average Bonchev–Trinajstić information content (AvgIpc) is 3.27. The van der Waals surface area contributed by atoms with Crippen molar-refractivity contribution in [3.05, 3.63) is 48.5 Å². The highest BCUT2D eigenvalue weighted by Gasteiger charge is 2.27. The lowest BCUT2D eigenvalue weighted by Crippen LogP contribution is -2.52. The standard InChI is InChI=1S/C27H33N7O/c1-31-13-15-33(16-14-31)20-9-11-32(12-10-20)21-7-8-22(25(18-21)35-2)26-24-17-19-5-3-4-6-23(19)34(24)30-27(28)29-26/h3-8,17-18,20H,9-16H2,1-2H3,(H2,28,30). The number of para-hydroxylation sites is 1. The smallest absolute Gasteiger partial charge is 0.239 e. The third kappa shape index (κ3) is 4.06. The summed E-state index contributed by atoms with van der Waals surface area (Å²) in [5.41, 5.74) is 11.0. The number of aromatic nitrogens is 3. The zero-order chi connectivity index (χ0) is 23.9. The number of ether oxygens (including phenoxy) is 1. The van der Waals surface area contributed by atoms with Gasteiger partial charge in [-0.1, -0.05) is 18.2 Å². The number of nitrogens with zero attached hydrogens (tertiary/aromatic N) is 6. The van der Waals surface area contributed by atoms with Gasteiger partial charge in [0.15, 0.2) is 0 Å². The topological polar surface area (TPSA) is 75.2 Å². The fraction of sp³-hybridized carbons (Fsp3) is 0.407. The second-order valence-corrected chi connectivity index (χ2v) is 9.76. The lowest BCUT2D eigenvalue weighted by atomic mass is 10.0. The van der Waals surface area contributed by atoms with Gasteiger partial charge in [-0.25, -0.2) is 9.50 Å². The van der Waals surface area contributed by atoms with E-state index in [1.807, 2.05) is 22.7 Å². The van der Waals surface area contributed by atoms with Gasteiger partial charge in [0.1, 0.15) is 11.4 Å². The number of nitrogen functional groups attached to an aromatic ring is 1. The third-order valence-electron chi connectivity index (χ3n) is 7.68. The van der Waals surface area contributed by atoms with Crippen molar-refractivity contribution in [1.29, 1.82) is 0 Å². The Morgan fingerprint density at radius 2 is 1.69 bits per heavy atom. The first kappa shape index (κ1) is 22.1. The molecule has 0 unspecified atom stereocenters. The van der Waals surface area contributed by atoms with E-state index >= 15 is 0 Å². The first-order chi connectivity index (χ1) is 17.1.